The van der Waals surface area contributed by atoms with E-state index in [1.807, 2.05) is 17.2 Å². The first-order chi connectivity index (χ1) is 18.0. The summed E-state index contributed by atoms with van der Waals surface area (Å²) >= 11 is 0. The minimum Gasteiger partial charge on any atom is -0.366 e. The second kappa shape index (κ2) is 9.16. The van der Waals surface area contributed by atoms with Gasteiger partial charge in [0.15, 0.2) is 17.2 Å². The van der Waals surface area contributed by atoms with E-state index in [1.165, 1.54) is 6.33 Å². The summed E-state index contributed by atoms with van der Waals surface area (Å²) < 4.78 is 5.10. The Kier molecular flexibility index (Phi) is 5.67. The van der Waals surface area contributed by atoms with Crippen molar-refractivity contribution in [3.8, 4) is 0 Å². The van der Waals surface area contributed by atoms with Crippen molar-refractivity contribution >= 4 is 39.5 Å². The molecule has 1 aliphatic rings. The normalized spacial score (nSPS) is 14.9. The third kappa shape index (κ3) is 4.11. The molecule has 0 radical (unpaired) electrons. The Labute approximate surface area is 212 Å². The molecule has 2 N–H and O–H groups in total. The number of imidazole rings is 1. The fraction of sp³-hybridized carbons (Fsp3) is 0.308. The third-order valence-corrected chi connectivity index (χ3v) is 6.88. The molecule has 1 fully saturated rings. The highest BCUT2D eigenvalue weighted by molar-refractivity contribution is 5.96. The molecule has 11 heteroatoms. The van der Waals surface area contributed by atoms with E-state index >= 15 is 0 Å². The van der Waals surface area contributed by atoms with Crippen molar-refractivity contribution in [1.29, 1.82) is 0 Å². The molecule has 5 aromatic rings. The Bertz CT molecular complexity index is 1600. The molecule has 37 heavy (non-hydrogen) atoms. The molecular formula is C26H27N9O2. The predicted molar refractivity (Wildman–Crippen MR) is 140 cm³/mol. The van der Waals surface area contributed by atoms with Gasteiger partial charge in [0, 0.05) is 43.8 Å². The van der Waals surface area contributed by atoms with Crippen LogP contribution >= 0.6 is 0 Å². The lowest BCUT2D eigenvalue weighted by Gasteiger charge is -2.38. The van der Waals surface area contributed by atoms with Gasteiger partial charge in [-0.3, -0.25) is 9.78 Å². The van der Waals surface area contributed by atoms with Gasteiger partial charge in [-0.2, -0.15) is 0 Å². The van der Waals surface area contributed by atoms with Crippen LogP contribution in [0.1, 0.15) is 40.3 Å². The van der Waals surface area contributed by atoms with Crippen molar-refractivity contribution < 1.29 is 9.32 Å². The van der Waals surface area contributed by atoms with Gasteiger partial charge in [0.2, 0.25) is 0 Å². The molecule has 1 aliphatic heterocycles. The van der Waals surface area contributed by atoms with Gasteiger partial charge in [-0.05, 0) is 38.0 Å². The first-order valence-corrected chi connectivity index (χ1v) is 12.3. The van der Waals surface area contributed by atoms with E-state index in [-0.39, 0.29) is 11.9 Å². The van der Waals surface area contributed by atoms with Crippen LogP contribution in [0.3, 0.4) is 0 Å². The lowest BCUT2D eigenvalue weighted by Crippen LogP contribution is -2.49. The van der Waals surface area contributed by atoms with Gasteiger partial charge in [-0.15, -0.1) is 0 Å². The highest BCUT2D eigenvalue weighted by Crippen LogP contribution is 2.37. The highest BCUT2D eigenvalue weighted by atomic mass is 16.5. The molecular weight excluding hydrogens is 470 g/mol. The van der Waals surface area contributed by atoms with Gasteiger partial charge in [0.25, 0.3) is 5.91 Å². The maximum absolute atomic E-state index is 12.9. The summed E-state index contributed by atoms with van der Waals surface area (Å²) in [5, 5.41) is 8.56. The number of rotatable bonds is 5. The molecule has 188 valence electrons. The van der Waals surface area contributed by atoms with Gasteiger partial charge in [0.05, 0.1) is 23.6 Å². The van der Waals surface area contributed by atoms with E-state index in [0.717, 1.165) is 33.2 Å². The standard InChI is InChI=1S/C26H27N9O2/c1-15-11-19(17(3)32-25-22-24(29-13-28-22)30-14-31-25)23(21-18(15)5-4-6-27-21)34-7-9-35(10-8-34)26(36)20-12-16(2)37-33-20/h4-6,11-14,17H,7-10H2,1-3H3,(H2,28,29,30,31,32). The number of fused-ring (bicyclic) bond motifs is 2. The van der Waals surface area contributed by atoms with Crippen LogP contribution in [0.4, 0.5) is 11.5 Å². The molecule has 1 atom stereocenters. The molecule has 6 rings (SSSR count). The summed E-state index contributed by atoms with van der Waals surface area (Å²) in [4.78, 5) is 37.9. The maximum Gasteiger partial charge on any atom is 0.276 e. The van der Waals surface area contributed by atoms with E-state index in [9.17, 15) is 4.79 Å². The minimum absolute atomic E-state index is 0.0840. The molecule has 11 nitrogen and oxygen atoms in total. The number of carbonyl (C=O) groups excluding carboxylic acids is 1. The quantitative estimate of drug-likeness (QED) is 0.374. The summed E-state index contributed by atoms with van der Waals surface area (Å²) in [7, 11) is 0. The topological polar surface area (TPSA) is 129 Å². The number of nitrogens with zero attached hydrogens (tertiary/aromatic N) is 7. The molecule has 0 aliphatic carbocycles. The van der Waals surface area contributed by atoms with Gasteiger partial charge in [-0.25, -0.2) is 15.0 Å². The number of aromatic amines is 1. The summed E-state index contributed by atoms with van der Waals surface area (Å²) in [5.74, 6) is 1.21. The molecule has 0 bridgehead atoms. The molecule has 1 saturated heterocycles. The van der Waals surface area contributed by atoms with Gasteiger partial charge in [0.1, 0.15) is 17.6 Å². The van der Waals surface area contributed by atoms with Crippen LogP contribution in [-0.2, 0) is 0 Å². The van der Waals surface area contributed by atoms with Crippen LogP contribution in [0.25, 0.3) is 22.1 Å². The van der Waals surface area contributed by atoms with Crippen molar-refractivity contribution in [2.24, 2.45) is 0 Å². The molecule has 5 heterocycles. The molecule has 1 amide bonds. The largest absolute Gasteiger partial charge is 0.366 e. The highest BCUT2D eigenvalue weighted by Gasteiger charge is 2.28. The van der Waals surface area contributed by atoms with Crippen LogP contribution < -0.4 is 10.2 Å². The third-order valence-electron chi connectivity index (χ3n) is 6.88. The molecule has 0 spiro atoms. The van der Waals surface area contributed by atoms with Crippen molar-refractivity contribution in [3.63, 3.8) is 0 Å². The SMILES string of the molecule is Cc1cc(C(=O)N2CCN(c3c(C(C)Nc4ncnc5nc[nH]c45)cc(C)c4cccnc34)CC2)no1. The van der Waals surface area contributed by atoms with Gasteiger partial charge < -0.3 is 24.6 Å². The maximum atomic E-state index is 12.9. The summed E-state index contributed by atoms with van der Waals surface area (Å²) in [5.41, 5.74) is 6.02. The number of amides is 1. The number of benzene rings is 1. The van der Waals surface area contributed by atoms with Crippen molar-refractivity contribution in [1.82, 2.24) is 35.0 Å². The van der Waals surface area contributed by atoms with E-state index in [2.05, 4.69) is 61.3 Å². The number of H-pyrrole nitrogens is 1. The monoisotopic (exact) mass is 497 g/mol. The summed E-state index contributed by atoms with van der Waals surface area (Å²) in [6.07, 6.45) is 4.96. The zero-order chi connectivity index (χ0) is 25.5. The predicted octanol–water partition coefficient (Wildman–Crippen LogP) is 3.64. The number of pyridine rings is 1. The Balaban J connectivity index is 1.33. The summed E-state index contributed by atoms with van der Waals surface area (Å²) in [6, 6.07) is 7.89. The molecule has 1 unspecified atom stereocenters. The fourth-order valence-corrected chi connectivity index (χ4v) is 5.01. The van der Waals surface area contributed by atoms with Crippen LogP contribution in [-0.4, -0.2) is 67.1 Å². The van der Waals surface area contributed by atoms with Crippen molar-refractivity contribution in [2.75, 3.05) is 36.4 Å². The average Bonchev–Trinajstić information content (AvgIpc) is 3.58. The molecule has 4 aromatic heterocycles. The zero-order valence-corrected chi connectivity index (χ0v) is 20.9. The Hall–Kier alpha value is -4.54. The van der Waals surface area contributed by atoms with Crippen molar-refractivity contribution in [2.45, 2.75) is 26.8 Å². The number of aromatic nitrogens is 6. The number of anilines is 2. The Morgan fingerprint density at radius 1 is 1.11 bits per heavy atom. The average molecular weight is 498 g/mol. The van der Waals surface area contributed by atoms with E-state index in [4.69, 9.17) is 9.51 Å². The van der Waals surface area contributed by atoms with Crippen LogP contribution in [0.15, 0.2) is 47.6 Å². The number of hydrogen-bond donors (Lipinski definition) is 2. The fourth-order valence-electron chi connectivity index (χ4n) is 5.01. The first-order valence-electron chi connectivity index (χ1n) is 12.3. The number of piperazine rings is 1. The number of nitrogens with one attached hydrogen (secondary N) is 2. The summed E-state index contributed by atoms with van der Waals surface area (Å²) in [6.45, 7) is 8.52. The van der Waals surface area contributed by atoms with Crippen molar-refractivity contribution in [3.05, 3.63) is 65.7 Å². The number of hydrogen-bond acceptors (Lipinski definition) is 9. The van der Waals surface area contributed by atoms with Crippen LogP contribution in [0.2, 0.25) is 0 Å². The van der Waals surface area contributed by atoms with E-state index < -0.39 is 0 Å². The second-order valence-electron chi connectivity index (χ2n) is 9.32. The lowest BCUT2D eigenvalue weighted by molar-refractivity contribution is 0.0736. The minimum atomic E-state index is -0.106. The van der Waals surface area contributed by atoms with Gasteiger partial charge in [-0.1, -0.05) is 17.3 Å². The molecule has 1 aromatic carbocycles. The number of aryl methyl sites for hydroxylation is 2. The number of carbonyl (C=O) groups is 1. The molecule has 0 saturated carbocycles. The van der Waals surface area contributed by atoms with Gasteiger partial charge >= 0.3 is 0 Å². The Morgan fingerprint density at radius 3 is 2.73 bits per heavy atom. The van der Waals surface area contributed by atoms with E-state index in [0.29, 0.717) is 49.1 Å². The van der Waals surface area contributed by atoms with Crippen LogP contribution in [0.5, 0.6) is 0 Å². The zero-order valence-electron chi connectivity index (χ0n) is 20.9. The van der Waals surface area contributed by atoms with Crippen LogP contribution in [0, 0.1) is 13.8 Å². The first kappa shape index (κ1) is 22.9. The smallest absolute Gasteiger partial charge is 0.276 e. The lowest BCUT2D eigenvalue weighted by atomic mass is 9.97. The Morgan fingerprint density at radius 2 is 1.95 bits per heavy atom. The van der Waals surface area contributed by atoms with E-state index in [1.54, 1.807) is 19.3 Å². The second-order valence-corrected chi connectivity index (χ2v) is 9.32.